The lowest BCUT2D eigenvalue weighted by Gasteiger charge is -2.22. The Labute approximate surface area is 159 Å². The molecule has 0 atom stereocenters. The maximum Gasteiger partial charge on any atom is 0.337 e. The Hall–Kier alpha value is -2.71. The van der Waals surface area contributed by atoms with E-state index in [0.717, 1.165) is 5.56 Å². The standard InChI is InChI=1S/C19H22N2O5S/c1-14-7-9-18(10-8-14)27(24,25)20-11-12-21(15(2)22)17-6-4-5-16(13-17)19(23)26-3/h4-10,13,20H,11-12H2,1-3H3. The van der Waals surface area contributed by atoms with Gasteiger partial charge in [0.05, 0.1) is 17.6 Å². The summed E-state index contributed by atoms with van der Waals surface area (Å²) in [6.45, 7) is 3.39. The molecular formula is C19H22N2O5S. The van der Waals surface area contributed by atoms with Crippen LogP contribution in [0.15, 0.2) is 53.4 Å². The van der Waals surface area contributed by atoms with Crippen LogP contribution in [0.25, 0.3) is 0 Å². The fourth-order valence-electron chi connectivity index (χ4n) is 2.48. The number of carbonyl (C=O) groups excluding carboxylic acids is 2. The number of amides is 1. The number of sulfonamides is 1. The third kappa shape index (κ3) is 5.38. The number of rotatable bonds is 7. The highest BCUT2D eigenvalue weighted by Crippen LogP contribution is 2.17. The SMILES string of the molecule is COC(=O)c1cccc(N(CCNS(=O)(=O)c2ccc(C)cc2)C(C)=O)c1. The van der Waals surface area contributed by atoms with E-state index in [-0.39, 0.29) is 23.9 Å². The summed E-state index contributed by atoms with van der Waals surface area (Å²) >= 11 is 0. The predicted molar refractivity (Wildman–Crippen MR) is 102 cm³/mol. The van der Waals surface area contributed by atoms with Gasteiger partial charge in [0, 0.05) is 25.7 Å². The number of hydrogen-bond acceptors (Lipinski definition) is 5. The Kier molecular flexibility index (Phi) is 6.70. The zero-order valence-electron chi connectivity index (χ0n) is 15.4. The molecule has 0 radical (unpaired) electrons. The second-order valence-electron chi connectivity index (χ2n) is 5.92. The van der Waals surface area contributed by atoms with Gasteiger partial charge < -0.3 is 9.64 Å². The minimum Gasteiger partial charge on any atom is -0.465 e. The van der Waals surface area contributed by atoms with Gasteiger partial charge in [-0.05, 0) is 37.3 Å². The normalized spacial score (nSPS) is 11.1. The van der Waals surface area contributed by atoms with Gasteiger partial charge in [-0.3, -0.25) is 4.79 Å². The smallest absolute Gasteiger partial charge is 0.337 e. The fourth-order valence-corrected chi connectivity index (χ4v) is 3.50. The van der Waals surface area contributed by atoms with Crippen LogP contribution in [0.1, 0.15) is 22.8 Å². The van der Waals surface area contributed by atoms with Crippen LogP contribution in [0.4, 0.5) is 5.69 Å². The third-order valence-electron chi connectivity index (χ3n) is 3.92. The largest absolute Gasteiger partial charge is 0.465 e. The molecule has 8 heteroatoms. The number of carbonyl (C=O) groups is 2. The average molecular weight is 390 g/mol. The molecule has 1 amide bonds. The lowest BCUT2D eigenvalue weighted by molar-refractivity contribution is -0.116. The van der Waals surface area contributed by atoms with Crippen LogP contribution in [0.5, 0.6) is 0 Å². The molecule has 0 fully saturated rings. The lowest BCUT2D eigenvalue weighted by Crippen LogP contribution is -2.37. The van der Waals surface area contributed by atoms with E-state index < -0.39 is 16.0 Å². The third-order valence-corrected chi connectivity index (χ3v) is 5.39. The van der Waals surface area contributed by atoms with Crippen molar-refractivity contribution in [2.24, 2.45) is 0 Å². The lowest BCUT2D eigenvalue weighted by atomic mass is 10.2. The number of nitrogens with one attached hydrogen (secondary N) is 1. The van der Waals surface area contributed by atoms with E-state index in [9.17, 15) is 18.0 Å². The van der Waals surface area contributed by atoms with E-state index in [1.807, 2.05) is 6.92 Å². The van der Waals surface area contributed by atoms with Crippen molar-refractivity contribution in [3.8, 4) is 0 Å². The second kappa shape index (κ2) is 8.79. The summed E-state index contributed by atoms with van der Waals surface area (Å²) in [6.07, 6.45) is 0. The number of nitrogens with zero attached hydrogens (tertiary/aromatic N) is 1. The van der Waals surface area contributed by atoms with Crippen molar-refractivity contribution in [1.82, 2.24) is 4.72 Å². The molecule has 2 aromatic rings. The number of ether oxygens (including phenoxy) is 1. The maximum absolute atomic E-state index is 12.3. The zero-order chi connectivity index (χ0) is 20.0. The molecule has 7 nitrogen and oxygen atoms in total. The molecule has 0 bridgehead atoms. The fraction of sp³-hybridized carbons (Fsp3) is 0.263. The van der Waals surface area contributed by atoms with Crippen LogP contribution in [0.3, 0.4) is 0 Å². The van der Waals surface area contributed by atoms with E-state index in [4.69, 9.17) is 0 Å². The molecule has 0 aliphatic heterocycles. The molecule has 2 aromatic carbocycles. The summed E-state index contributed by atoms with van der Waals surface area (Å²) < 4.78 is 31.8. The molecule has 0 aliphatic carbocycles. The summed E-state index contributed by atoms with van der Waals surface area (Å²) in [5.74, 6) is -0.785. The molecule has 0 saturated carbocycles. The summed E-state index contributed by atoms with van der Waals surface area (Å²) in [5, 5.41) is 0. The maximum atomic E-state index is 12.3. The molecule has 0 spiro atoms. The molecule has 0 unspecified atom stereocenters. The predicted octanol–water partition coefficient (Wildman–Crippen LogP) is 2.11. The van der Waals surface area contributed by atoms with Gasteiger partial charge in [-0.15, -0.1) is 0 Å². The first-order valence-electron chi connectivity index (χ1n) is 8.27. The molecule has 1 N–H and O–H groups in total. The number of esters is 1. The molecule has 0 heterocycles. The van der Waals surface area contributed by atoms with Crippen molar-refractivity contribution >= 4 is 27.6 Å². The van der Waals surface area contributed by atoms with Crippen LogP contribution in [-0.2, 0) is 19.6 Å². The van der Waals surface area contributed by atoms with Gasteiger partial charge in [0.2, 0.25) is 15.9 Å². The quantitative estimate of drug-likeness (QED) is 0.731. The highest BCUT2D eigenvalue weighted by atomic mass is 32.2. The van der Waals surface area contributed by atoms with Gasteiger partial charge in [0.25, 0.3) is 0 Å². The number of benzene rings is 2. The highest BCUT2D eigenvalue weighted by Gasteiger charge is 2.17. The summed E-state index contributed by atoms with van der Waals surface area (Å²) in [4.78, 5) is 25.2. The van der Waals surface area contributed by atoms with Crippen LogP contribution < -0.4 is 9.62 Å². The Balaban J connectivity index is 2.10. The highest BCUT2D eigenvalue weighted by molar-refractivity contribution is 7.89. The first-order valence-corrected chi connectivity index (χ1v) is 9.76. The van der Waals surface area contributed by atoms with Crippen molar-refractivity contribution in [2.45, 2.75) is 18.7 Å². The minimum absolute atomic E-state index is 0.0260. The Morgan fingerprint density at radius 1 is 1.11 bits per heavy atom. The van der Waals surface area contributed by atoms with E-state index in [1.54, 1.807) is 30.3 Å². The Morgan fingerprint density at radius 3 is 2.37 bits per heavy atom. The number of anilines is 1. The number of aryl methyl sites for hydroxylation is 1. The molecule has 0 aromatic heterocycles. The molecule has 2 rings (SSSR count). The average Bonchev–Trinajstić information content (AvgIpc) is 2.64. The van der Waals surface area contributed by atoms with E-state index in [2.05, 4.69) is 9.46 Å². The molecule has 0 aliphatic rings. The van der Waals surface area contributed by atoms with E-state index in [1.165, 1.54) is 37.1 Å². The van der Waals surface area contributed by atoms with Gasteiger partial charge in [-0.2, -0.15) is 0 Å². The van der Waals surface area contributed by atoms with Crippen molar-refractivity contribution in [3.05, 3.63) is 59.7 Å². The Morgan fingerprint density at radius 2 is 1.78 bits per heavy atom. The number of hydrogen-bond donors (Lipinski definition) is 1. The topological polar surface area (TPSA) is 92.8 Å². The molecular weight excluding hydrogens is 368 g/mol. The first-order chi connectivity index (χ1) is 12.7. The van der Waals surface area contributed by atoms with Crippen LogP contribution in [0, 0.1) is 6.92 Å². The van der Waals surface area contributed by atoms with Crippen molar-refractivity contribution in [3.63, 3.8) is 0 Å². The van der Waals surface area contributed by atoms with E-state index >= 15 is 0 Å². The number of methoxy groups -OCH3 is 1. The Bertz CT molecular complexity index is 923. The van der Waals surface area contributed by atoms with E-state index in [0.29, 0.717) is 11.3 Å². The van der Waals surface area contributed by atoms with Gasteiger partial charge in [0.1, 0.15) is 0 Å². The molecule has 0 saturated heterocycles. The van der Waals surface area contributed by atoms with Gasteiger partial charge in [-0.25, -0.2) is 17.9 Å². The van der Waals surface area contributed by atoms with Crippen LogP contribution in [-0.4, -0.2) is 40.5 Å². The molecule has 144 valence electrons. The van der Waals surface area contributed by atoms with Crippen molar-refractivity contribution in [2.75, 3.05) is 25.1 Å². The summed E-state index contributed by atoms with van der Waals surface area (Å²) in [5.41, 5.74) is 1.75. The van der Waals surface area contributed by atoms with Crippen molar-refractivity contribution in [1.29, 1.82) is 0 Å². The van der Waals surface area contributed by atoms with Crippen molar-refractivity contribution < 1.29 is 22.7 Å². The van der Waals surface area contributed by atoms with Gasteiger partial charge in [0.15, 0.2) is 0 Å². The summed E-state index contributed by atoms with van der Waals surface area (Å²) in [6, 6.07) is 12.9. The zero-order valence-corrected chi connectivity index (χ0v) is 16.2. The summed E-state index contributed by atoms with van der Waals surface area (Å²) in [7, 11) is -2.39. The van der Waals surface area contributed by atoms with Crippen LogP contribution >= 0.6 is 0 Å². The van der Waals surface area contributed by atoms with Gasteiger partial charge in [-0.1, -0.05) is 23.8 Å². The first kappa shape index (κ1) is 20.6. The second-order valence-corrected chi connectivity index (χ2v) is 7.69. The molecule has 27 heavy (non-hydrogen) atoms. The van der Waals surface area contributed by atoms with Gasteiger partial charge >= 0.3 is 5.97 Å². The monoisotopic (exact) mass is 390 g/mol. The van der Waals surface area contributed by atoms with Crippen LogP contribution in [0.2, 0.25) is 0 Å². The minimum atomic E-state index is -3.67.